The summed E-state index contributed by atoms with van der Waals surface area (Å²) >= 11 is 6.26. The van der Waals surface area contributed by atoms with Crippen molar-refractivity contribution in [1.82, 2.24) is 5.32 Å². The van der Waals surface area contributed by atoms with Crippen LogP contribution in [0.3, 0.4) is 0 Å². The lowest BCUT2D eigenvalue weighted by Crippen LogP contribution is -2.16. The van der Waals surface area contributed by atoms with Crippen molar-refractivity contribution in [3.8, 4) is 5.75 Å². The van der Waals surface area contributed by atoms with Gasteiger partial charge >= 0.3 is 0 Å². The van der Waals surface area contributed by atoms with Gasteiger partial charge in [-0.2, -0.15) is 0 Å². The molecule has 0 atom stereocenters. The topological polar surface area (TPSA) is 21.3 Å². The molecule has 0 unspecified atom stereocenters. The molecule has 1 aromatic carbocycles. The number of halogens is 1. The Morgan fingerprint density at radius 2 is 1.95 bits per heavy atom. The molecule has 0 aliphatic heterocycles. The van der Waals surface area contributed by atoms with Crippen molar-refractivity contribution in [3.05, 3.63) is 28.8 Å². The monoisotopic (exact) mass is 283 g/mol. The molecule has 3 heteroatoms. The van der Waals surface area contributed by atoms with E-state index in [1.54, 1.807) is 0 Å². The van der Waals surface area contributed by atoms with E-state index in [4.69, 9.17) is 16.3 Å². The van der Waals surface area contributed by atoms with Crippen molar-refractivity contribution in [1.29, 1.82) is 0 Å². The third kappa shape index (κ3) is 5.42. The van der Waals surface area contributed by atoms with E-state index in [1.165, 1.54) is 0 Å². The fraction of sp³-hybridized carbons (Fsp3) is 0.625. The molecule has 0 aromatic heterocycles. The van der Waals surface area contributed by atoms with Gasteiger partial charge in [0.15, 0.2) is 0 Å². The number of benzene rings is 1. The lowest BCUT2D eigenvalue weighted by atomic mass is 10.1. The Balaban J connectivity index is 2.68. The molecule has 0 bridgehead atoms. The van der Waals surface area contributed by atoms with Crippen molar-refractivity contribution in [2.45, 2.75) is 46.6 Å². The molecule has 1 aromatic rings. The van der Waals surface area contributed by atoms with E-state index in [2.05, 4.69) is 32.2 Å². The standard InChI is InChI=1S/C16H26ClNO/c1-4-10-18-11-14-8-7-9-15(17)16(14)19-12-13(5-2)6-3/h7-9,13,18H,4-6,10-12H2,1-3H3. The molecule has 0 radical (unpaired) electrons. The van der Waals surface area contributed by atoms with E-state index in [0.29, 0.717) is 10.9 Å². The summed E-state index contributed by atoms with van der Waals surface area (Å²) in [5.74, 6) is 1.45. The third-order valence-electron chi connectivity index (χ3n) is 3.41. The minimum atomic E-state index is 0.604. The van der Waals surface area contributed by atoms with Gasteiger partial charge in [-0.1, -0.05) is 57.3 Å². The van der Waals surface area contributed by atoms with Gasteiger partial charge in [0.1, 0.15) is 5.75 Å². The van der Waals surface area contributed by atoms with E-state index >= 15 is 0 Å². The Morgan fingerprint density at radius 3 is 2.58 bits per heavy atom. The van der Waals surface area contributed by atoms with E-state index in [1.807, 2.05) is 12.1 Å². The van der Waals surface area contributed by atoms with Crippen LogP contribution < -0.4 is 10.1 Å². The van der Waals surface area contributed by atoms with E-state index in [9.17, 15) is 0 Å². The average Bonchev–Trinajstić information content (AvgIpc) is 2.42. The Labute approximate surface area is 122 Å². The molecule has 0 heterocycles. The van der Waals surface area contributed by atoms with Gasteiger partial charge in [0.2, 0.25) is 0 Å². The second-order valence-electron chi connectivity index (χ2n) is 4.90. The van der Waals surface area contributed by atoms with E-state index < -0.39 is 0 Å². The van der Waals surface area contributed by atoms with Crippen molar-refractivity contribution in [2.24, 2.45) is 5.92 Å². The Hall–Kier alpha value is -0.730. The van der Waals surface area contributed by atoms with Crippen molar-refractivity contribution < 1.29 is 4.74 Å². The number of hydrogen-bond acceptors (Lipinski definition) is 2. The molecular formula is C16H26ClNO. The molecule has 1 rings (SSSR count). The van der Waals surface area contributed by atoms with Crippen LogP contribution in [-0.2, 0) is 6.54 Å². The predicted octanol–water partition coefficient (Wildman–Crippen LogP) is 4.65. The van der Waals surface area contributed by atoms with Crippen molar-refractivity contribution >= 4 is 11.6 Å². The lowest BCUT2D eigenvalue weighted by Gasteiger charge is -2.17. The number of ether oxygens (including phenoxy) is 1. The van der Waals surface area contributed by atoms with Gasteiger partial charge in [-0.3, -0.25) is 0 Å². The Morgan fingerprint density at radius 1 is 1.21 bits per heavy atom. The zero-order valence-corrected chi connectivity index (χ0v) is 13.1. The lowest BCUT2D eigenvalue weighted by molar-refractivity contribution is 0.238. The van der Waals surface area contributed by atoms with E-state index in [-0.39, 0.29) is 0 Å². The molecule has 108 valence electrons. The average molecular weight is 284 g/mol. The van der Waals surface area contributed by atoms with Crippen LogP contribution in [0.4, 0.5) is 0 Å². The van der Waals surface area contributed by atoms with Crippen molar-refractivity contribution in [3.63, 3.8) is 0 Å². The quantitative estimate of drug-likeness (QED) is 0.666. The summed E-state index contributed by atoms with van der Waals surface area (Å²) < 4.78 is 5.97. The molecule has 0 aliphatic carbocycles. The normalized spacial score (nSPS) is 11.0. The number of para-hydroxylation sites is 1. The maximum Gasteiger partial charge on any atom is 0.142 e. The first-order chi connectivity index (χ1) is 9.22. The fourth-order valence-electron chi connectivity index (χ4n) is 1.98. The maximum atomic E-state index is 6.26. The molecule has 0 aliphatic rings. The van der Waals surface area contributed by atoms with Crippen LogP contribution in [0.25, 0.3) is 0 Å². The summed E-state index contributed by atoms with van der Waals surface area (Å²) in [5.41, 5.74) is 1.15. The zero-order valence-electron chi connectivity index (χ0n) is 12.3. The van der Waals surface area contributed by atoms with Crippen LogP contribution in [-0.4, -0.2) is 13.2 Å². The second-order valence-corrected chi connectivity index (χ2v) is 5.31. The van der Waals surface area contributed by atoms with Crippen LogP contribution >= 0.6 is 11.6 Å². The van der Waals surface area contributed by atoms with Crippen molar-refractivity contribution in [2.75, 3.05) is 13.2 Å². The summed E-state index contributed by atoms with van der Waals surface area (Å²) in [6, 6.07) is 5.96. The maximum absolute atomic E-state index is 6.26. The predicted molar refractivity (Wildman–Crippen MR) is 83.0 cm³/mol. The van der Waals surface area contributed by atoms with Crippen LogP contribution in [0.5, 0.6) is 5.75 Å². The van der Waals surface area contributed by atoms with Crippen LogP contribution in [0.1, 0.15) is 45.6 Å². The summed E-state index contributed by atoms with van der Waals surface area (Å²) in [6.45, 7) is 9.14. The molecule has 19 heavy (non-hydrogen) atoms. The number of hydrogen-bond donors (Lipinski definition) is 1. The third-order valence-corrected chi connectivity index (χ3v) is 3.71. The first kappa shape index (κ1) is 16.3. The largest absolute Gasteiger partial charge is 0.491 e. The summed E-state index contributed by atoms with van der Waals surface area (Å²) in [7, 11) is 0. The van der Waals surface area contributed by atoms with Gasteiger partial charge in [0.25, 0.3) is 0 Å². The highest BCUT2D eigenvalue weighted by Gasteiger charge is 2.11. The zero-order chi connectivity index (χ0) is 14.1. The van der Waals surface area contributed by atoms with Crippen LogP contribution in [0.15, 0.2) is 18.2 Å². The minimum absolute atomic E-state index is 0.604. The highest BCUT2D eigenvalue weighted by atomic mass is 35.5. The SMILES string of the molecule is CCCNCc1cccc(Cl)c1OCC(CC)CC. The van der Waals surface area contributed by atoms with Gasteiger partial charge in [0.05, 0.1) is 11.6 Å². The molecule has 2 nitrogen and oxygen atoms in total. The molecule has 0 spiro atoms. The first-order valence-electron chi connectivity index (χ1n) is 7.33. The van der Waals surface area contributed by atoms with Gasteiger partial charge in [0, 0.05) is 12.1 Å². The smallest absolute Gasteiger partial charge is 0.142 e. The summed E-state index contributed by atoms with van der Waals surface area (Å²) in [5, 5.41) is 4.11. The highest BCUT2D eigenvalue weighted by Crippen LogP contribution is 2.29. The molecule has 0 saturated heterocycles. The van der Waals surface area contributed by atoms with Gasteiger partial charge < -0.3 is 10.1 Å². The van der Waals surface area contributed by atoms with Crippen LogP contribution in [0.2, 0.25) is 5.02 Å². The molecule has 0 fully saturated rings. The second kappa shape index (κ2) is 9.22. The van der Waals surface area contributed by atoms with Gasteiger partial charge in [-0.25, -0.2) is 0 Å². The number of rotatable bonds is 9. The molecule has 0 amide bonds. The minimum Gasteiger partial charge on any atom is -0.491 e. The summed E-state index contributed by atoms with van der Waals surface area (Å²) in [4.78, 5) is 0. The van der Waals surface area contributed by atoms with Gasteiger partial charge in [-0.15, -0.1) is 0 Å². The Bertz CT molecular complexity index is 364. The highest BCUT2D eigenvalue weighted by molar-refractivity contribution is 6.32. The Kier molecular flexibility index (Phi) is 7.92. The van der Waals surface area contributed by atoms with E-state index in [0.717, 1.165) is 50.3 Å². The molecule has 1 N–H and O–H groups in total. The molecular weight excluding hydrogens is 258 g/mol. The van der Waals surface area contributed by atoms with Crippen LogP contribution in [0, 0.1) is 5.92 Å². The van der Waals surface area contributed by atoms with Gasteiger partial charge in [-0.05, 0) is 24.9 Å². The summed E-state index contributed by atoms with van der Waals surface area (Å²) in [6.07, 6.45) is 3.42. The number of nitrogens with one attached hydrogen (secondary N) is 1. The first-order valence-corrected chi connectivity index (χ1v) is 7.71. The molecule has 0 saturated carbocycles. The fourth-order valence-corrected chi connectivity index (χ4v) is 2.23.